The highest BCUT2D eigenvalue weighted by Crippen LogP contribution is 2.21. The first-order chi connectivity index (χ1) is 14.0. The molecule has 0 heterocycles. The molecule has 0 atom stereocenters. The highest BCUT2D eigenvalue weighted by Gasteiger charge is 2.08. The van der Waals surface area contributed by atoms with E-state index in [0.717, 1.165) is 16.9 Å². The normalized spacial score (nSPS) is 10.4. The third-order valence-electron chi connectivity index (χ3n) is 4.65. The minimum atomic E-state index is -0.169. The van der Waals surface area contributed by atoms with E-state index in [9.17, 15) is 4.79 Å². The average Bonchev–Trinajstić information content (AvgIpc) is 2.73. The van der Waals surface area contributed by atoms with Gasteiger partial charge in [-0.1, -0.05) is 48.0 Å². The van der Waals surface area contributed by atoms with Gasteiger partial charge in [0.25, 0.3) is 5.91 Å². The zero-order valence-electron chi connectivity index (χ0n) is 16.6. The van der Waals surface area contributed by atoms with Crippen molar-refractivity contribution < 1.29 is 14.3 Å². The summed E-state index contributed by atoms with van der Waals surface area (Å²) in [6.45, 7) is 5.23. The monoisotopic (exact) mass is 409 g/mol. The fraction of sp³-hybridized carbons (Fsp3) is 0.208. The largest absolute Gasteiger partial charge is 0.491 e. The van der Waals surface area contributed by atoms with Crippen LogP contribution in [0.25, 0.3) is 0 Å². The van der Waals surface area contributed by atoms with Crippen molar-refractivity contribution in [3.05, 3.63) is 94.0 Å². The summed E-state index contributed by atoms with van der Waals surface area (Å²) >= 11 is 6.15. The molecule has 0 saturated heterocycles. The molecule has 0 radical (unpaired) electrons. The van der Waals surface area contributed by atoms with E-state index in [1.807, 2.05) is 62.4 Å². The number of benzene rings is 3. The van der Waals surface area contributed by atoms with Crippen LogP contribution >= 0.6 is 11.6 Å². The minimum absolute atomic E-state index is 0.169. The molecule has 29 heavy (non-hydrogen) atoms. The molecule has 4 nitrogen and oxygen atoms in total. The first kappa shape index (κ1) is 20.7. The topological polar surface area (TPSA) is 47.6 Å². The average molecular weight is 410 g/mol. The zero-order valence-corrected chi connectivity index (χ0v) is 17.3. The van der Waals surface area contributed by atoms with Crippen molar-refractivity contribution >= 4 is 17.5 Å². The van der Waals surface area contributed by atoms with Gasteiger partial charge < -0.3 is 14.8 Å². The number of amides is 1. The molecule has 3 aromatic rings. The van der Waals surface area contributed by atoms with Gasteiger partial charge >= 0.3 is 0 Å². The van der Waals surface area contributed by atoms with Crippen LogP contribution in [0.2, 0.25) is 5.02 Å². The summed E-state index contributed by atoms with van der Waals surface area (Å²) in [7, 11) is 0. The Bertz CT molecular complexity index is 987. The summed E-state index contributed by atoms with van der Waals surface area (Å²) in [6, 6.07) is 20.6. The lowest BCUT2D eigenvalue weighted by atomic mass is 10.1. The predicted octanol–water partition coefficient (Wildman–Crippen LogP) is 5.34. The van der Waals surface area contributed by atoms with Crippen LogP contribution < -0.4 is 14.8 Å². The molecule has 0 aliphatic carbocycles. The third-order valence-corrected chi connectivity index (χ3v) is 5.02. The maximum Gasteiger partial charge on any atom is 0.251 e. The minimum Gasteiger partial charge on any atom is -0.491 e. The third kappa shape index (κ3) is 5.75. The number of nitrogens with one attached hydrogen (secondary N) is 1. The van der Waals surface area contributed by atoms with Crippen LogP contribution in [0.5, 0.6) is 11.5 Å². The van der Waals surface area contributed by atoms with Crippen molar-refractivity contribution in [1.29, 1.82) is 0 Å². The van der Waals surface area contributed by atoms with E-state index in [0.29, 0.717) is 36.1 Å². The second kappa shape index (κ2) is 9.99. The number of carbonyl (C=O) groups is 1. The van der Waals surface area contributed by atoms with Crippen LogP contribution in [-0.4, -0.2) is 19.1 Å². The number of aryl methyl sites for hydroxylation is 1. The van der Waals surface area contributed by atoms with Crippen LogP contribution in [0.4, 0.5) is 0 Å². The van der Waals surface area contributed by atoms with Gasteiger partial charge in [0.1, 0.15) is 24.7 Å². The molecule has 0 aliphatic heterocycles. The van der Waals surface area contributed by atoms with E-state index in [-0.39, 0.29) is 5.91 Å². The first-order valence-corrected chi connectivity index (χ1v) is 9.86. The molecule has 0 bridgehead atoms. The summed E-state index contributed by atoms with van der Waals surface area (Å²) in [5.74, 6) is 1.29. The first-order valence-electron chi connectivity index (χ1n) is 9.48. The molecule has 0 aliphatic rings. The van der Waals surface area contributed by atoms with Crippen LogP contribution in [0.1, 0.15) is 27.0 Å². The van der Waals surface area contributed by atoms with Gasteiger partial charge in [-0.3, -0.25) is 4.79 Å². The van der Waals surface area contributed by atoms with Crippen molar-refractivity contribution in [2.45, 2.75) is 20.5 Å². The van der Waals surface area contributed by atoms with Gasteiger partial charge in [-0.15, -0.1) is 0 Å². The highest BCUT2D eigenvalue weighted by molar-refractivity contribution is 6.31. The number of halogens is 1. The molecule has 1 N–H and O–H groups in total. The molecule has 0 aromatic heterocycles. The molecule has 0 fully saturated rings. The summed E-state index contributed by atoms with van der Waals surface area (Å²) in [6.07, 6.45) is 0. The number of rotatable bonds is 8. The molecule has 5 heteroatoms. The van der Waals surface area contributed by atoms with E-state index in [1.165, 1.54) is 5.56 Å². The lowest BCUT2D eigenvalue weighted by Gasteiger charge is -2.12. The quantitative estimate of drug-likeness (QED) is 0.510. The molecule has 0 unspecified atom stereocenters. The molecule has 3 rings (SSSR count). The van der Waals surface area contributed by atoms with Gasteiger partial charge in [0.2, 0.25) is 0 Å². The van der Waals surface area contributed by atoms with Gasteiger partial charge in [0, 0.05) is 16.1 Å². The summed E-state index contributed by atoms with van der Waals surface area (Å²) in [5, 5.41) is 3.53. The Morgan fingerprint density at radius 3 is 2.59 bits per heavy atom. The van der Waals surface area contributed by atoms with E-state index >= 15 is 0 Å². The molecular formula is C24H24ClNO3. The number of ether oxygens (including phenoxy) is 2. The molecule has 0 spiro atoms. The lowest BCUT2D eigenvalue weighted by molar-refractivity contribution is 0.0946. The number of hydrogen-bond donors (Lipinski definition) is 1. The fourth-order valence-corrected chi connectivity index (χ4v) is 3.00. The molecular weight excluding hydrogens is 386 g/mol. The second-order valence-electron chi connectivity index (χ2n) is 6.71. The SMILES string of the molecule is Cc1cccc(OCCNC(=O)c2cccc(OCc3ccccc3Cl)c2)c1C. The van der Waals surface area contributed by atoms with Crippen LogP contribution in [-0.2, 0) is 6.61 Å². The predicted molar refractivity (Wildman–Crippen MR) is 116 cm³/mol. The van der Waals surface area contributed by atoms with Crippen molar-refractivity contribution in [2.75, 3.05) is 13.2 Å². The Hall–Kier alpha value is -2.98. The Morgan fingerprint density at radius 2 is 1.76 bits per heavy atom. The standard InChI is InChI=1S/C24H24ClNO3/c1-17-7-5-12-23(18(17)2)28-14-13-26-24(27)19-9-6-10-21(15-19)29-16-20-8-3-4-11-22(20)25/h3-12,15H,13-14,16H2,1-2H3,(H,26,27). The Morgan fingerprint density at radius 1 is 0.966 bits per heavy atom. The fourth-order valence-electron chi connectivity index (χ4n) is 2.81. The molecule has 0 saturated carbocycles. The van der Waals surface area contributed by atoms with Gasteiger partial charge in [0.05, 0.1) is 6.54 Å². The van der Waals surface area contributed by atoms with E-state index in [4.69, 9.17) is 21.1 Å². The van der Waals surface area contributed by atoms with Gasteiger partial charge in [-0.2, -0.15) is 0 Å². The maximum atomic E-state index is 12.4. The van der Waals surface area contributed by atoms with Crippen LogP contribution in [0.3, 0.4) is 0 Å². The molecule has 150 valence electrons. The Labute approximate surface area is 176 Å². The summed E-state index contributed by atoms with van der Waals surface area (Å²) in [4.78, 5) is 12.4. The maximum absolute atomic E-state index is 12.4. The second-order valence-corrected chi connectivity index (χ2v) is 7.12. The van der Waals surface area contributed by atoms with Crippen LogP contribution in [0.15, 0.2) is 66.7 Å². The summed E-state index contributed by atoms with van der Waals surface area (Å²) < 4.78 is 11.6. The van der Waals surface area contributed by atoms with E-state index in [1.54, 1.807) is 18.2 Å². The Balaban J connectivity index is 1.50. The lowest BCUT2D eigenvalue weighted by Crippen LogP contribution is -2.28. The summed E-state index contributed by atoms with van der Waals surface area (Å²) in [5.41, 5.74) is 3.73. The van der Waals surface area contributed by atoms with Crippen molar-refractivity contribution in [3.8, 4) is 11.5 Å². The number of carbonyl (C=O) groups excluding carboxylic acids is 1. The van der Waals surface area contributed by atoms with Crippen molar-refractivity contribution in [1.82, 2.24) is 5.32 Å². The van der Waals surface area contributed by atoms with Gasteiger partial charge in [-0.25, -0.2) is 0 Å². The van der Waals surface area contributed by atoms with E-state index < -0.39 is 0 Å². The smallest absolute Gasteiger partial charge is 0.251 e. The van der Waals surface area contributed by atoms with Gasteiger partial charge in [-0.05, 0) is 55.3 Å². The van der Waals surface area contributed by atoms with Crippen molar-refractivity contribution in [2.24, 2.45) is 0 Å². The molecule has 1 amide bonds. The number of hydrogen-bond acceptors (Lipinski definition) is 3. The van der Waals surface area contributed by atoms with Crippen molar-refractivity contribution in [3.63, 3.8) is 0 Å². The zero-order chi connectivity index (χ0) is 20.6. The van der Waals surface area contributed by atoms with Gasteiger partial charge in [0.15, 0.2) is 0 Å². The highest BCUT2D eigenvalue weighted by atomic mass is 35.5. The van der Waals surface area contributed by atoms with Crippen LogP contribution in [0, 0.1) is 13.8 Å². The van der Waals surface area contributed by atoms with E-state index in [2.05, 4.69) is 5.32 Å². The Kier molecular flexibility index (Phi) is 7.14. The molecule has 3 aromatic carbocycles.